The zero-order valence-corrected chi connectivity index (χ0v) is 6.65. The third-order valence-corrected chi connectivity index (χ3v) is 2.18. The molecule has 48 valence electrons. The molecule has 1 fully saturated rings. The Morgan fingerprint density at radius 3 is 2.75 bits per heavy atom. The Hall–Kier alpha value is 0.440. The molecular weight excluding hydrogens is 168 g/mol. The van der Waals surface area contributed by atoms with Crippen molar-refractivity contribution in [3.05, 3.63) is 0 Å². The van der Waals surface area contributed by atoms with Crippen molar-refractivity contribution in [1.29, 1.82) is 0 Å². The van der Waals surface area contributed by atoms with Crippen molar-refractivity contribution in [2.24, 2.45) is 5.92 Å². The van der Waals surface area contributed by atoms with Crippen molar-refractivity contribution >= 4 is 15.9 Å². The minimum Gasteiger partial charge on any atom is -0.377 e. The van der Waals surface area contributed by atoms with Gasteiger partial charge in [-0.25, -0.2) is 0 Å². The van der Waals surface area contributed by atoms with Crippen LogP contribution in [0.25, 0.3) is 0 Å². The maximum atomic E-state index is 5.37. The monoisotopic (exact) mass is 178 g/mol. The molecule has 1 rings (SSSR count). The summed E-state index contributed by atoms with van der Waals surface area (Å²) in [7, 11) is 0. The Morgan fingerprint density at radius 1 is 1.75 bits per heavy atom. The largest absolute Gasteiger partial charge is 0.377 e. The first-order valence-corrected chi connectivity index (χ1v) is 4.12. The first-order chi connectivity index (χ1) is 3.83. The van der Waals surface area contributed by atoms with E-state index in [-0.39, 0.29) is 0 Å². The Labute approximate surface area is 58.5 Å². The van der Waals surface area contributed by atoms with E-state index in [0.29, 0.717) is 6.10 Å². The Balaban J connectivity index is 2.22. The van der Waals surface area contributed by atoms with Gasteiger partial charge in [0.2, 0.25) is 0 Å². The second kappa shape index (κ2) is 2.83. The summed E-state index contributed by atoms with van der Waals surface area (Å²) in [5.41, 5.74) is 0. The van der Waals surface area contributed by atoms with Gasteiger partial charge in [-0.2, -0.15) is 0 Å². The molecule has 8 heavy (non-hydrogen) atoms. The van der Waals surface area contributed by atoms with Crippen LogP contribution in [0.1, 0.15) is 13.3 Å². The fourth-order valence-electron chi connectivity index (χ4n) is 0.993. The van der Waals surface area contributed by atoms with E-state index in [1.54, 1.807) is 0 Å². The molecule has 0 unspecified atom stereocenters. The second-order valence-electron chi connectivity index (χ2n) is 2.45. The zero-order chi connectivity index (χ0) is 5.98. The Morgan fingerprint density at radius 2 is 2.50 bits per heavy atom. The van der Waals surface area contributed by atoms with E-state index in [9.17, 15) is 0 Å². The molecule has 0 bridgehead atoms. The van der Waals surface area contributed by atoms with Gasteiger partial charge < -0.3 is 4.74 Å². The van der Waals surface area contributed by atoms with Crippen LogP contribution >= 0.6 is 15.9 Å². The highest BCUT2D eigenvalue weighted by atomic mass is 79.9. The molecule has 1 aliphatic heterocycles. The summed E-state index contributed by atoms with van der Waals surface area (Å²) in [5, 5.41) is 0.997. The van der Waals surface area contributed by atoms with Crippen molar-refractivity contribution < 1.29 is 4.74 Å². The Kier molecular flexibility index (Phi) is 2.32. The summed E-state index contributed by atoms with van der Waals surface area (Å²) in [6, 6.07) is 0. The molecule has 0 aromatic carbocycles. The SMILES string of the molecule is C[C@@H]1CO[C@@H](CBr)C1. The Bertz CT molecular complexity index is 74.9. The zero-order valence-electron chi connectivity index (χ0n) is 5.06. The lowest BCUT2D eigenvalue weighted by Gasteiger charge is -2.00. The molecular formula is C6H11BrO. The smallest absolute Gasteiger partial charge is 0.0675 e. The minimum atomic E-state index is 0.491. The summed E-state index contributed by atoms with van der Waals surface area (Å²) in [5.74, 6) is 0.776. The van der Waals surface area contributed by atoms with Crippen molar-refractivity contribution in [3.8, 4) is 0 Å². The van der Waals surface area contributed by atoms with Crippen molar-refractivity contribution in [1.82, 2.24) is 0 Å². The molecule has 1 heterocycles. The van der Waals surface area contributed by atoms with Crippen LogP contribution in [0.4, 0.5) is 0 Å². The number of ether oxygens (including phenoxy) is 1. The van der Waals surface area contributed by atoms with Gasteiger partial charge in [-0.1, -0.05) is 22.9 Å². The van der Waals surface area contributed by atoms with E-state index < -0.39 is 0 Å². The average molecular weight is 179 g/mol. The fraction of sp³-hybridized carbons (Fsp3) is 1.00. The van der Waals surface area contributed by atoms with Crippen LogP contribution in [0, 0.1) is 5.92 Å². The number of hydrogen-bond acceptors (Lipinski definition) is 1. The van der Waals surface area contributed by atoms with Crippen molar-refractivity contribution in [2.75, 3.05) is 11.9 Å². The van der Waals surface area contributed by atoms with Gasteiger partial charge >= 0.3 is 0 Å². The number of halogens is 1. The molecule has 2 heteroatoms. The number of rotatable bonds is 1. The third kappa shape index (κ3) is 1.46. The molecule has 1 nitrogen and oxygen atoms in total. The summed E-state index contributed by atoms with van der Waals surface area (Å²) < 4.78 is 5.37. The van der Waals surface area contributed by atoms with E-state index in [1.165, 1.54) is 6.42 Å². The van der Waals surface area contributed by atoms with Crippen LogP contribution in [0.5, 0.6) is 0 Å². The summed E-state index contributed by atoms with van der Waals surface area (Å²) in [6.45, 7) is 3.18. The number of alkyl halides is 1. The molecule has 1 aliphatic rings. The van der Waals surface area contributed by atoms with E-state index in [1.807, 2.05) is 0 Å². The molecule has 0 aromatic heterocycles. The lowest BCUT2D eigenvalue weighted by Crippen LogP contribution is -2.04. The van der Waals surface area contributed by atoms with Gasteiger partial charge in [0.15, 0.2) is 0 Å². The standard InChI is InChI=1S/C6H11BrO/c1-5-2-6(3-7)8-4-5/h5-6H,2-4H2,1H3/t5-,6+/m0/s1. The van der Waals surface area contributed by atoms with E-state index in [0.717, 1.165) is 17.9 Å². The minimum absolute atomic E-state index is 0.491. The fourth-order valence-corrected chi connectivity index (χ4v) is 1.44. The lowest BCUT2D eigenvalue weighted by molar-refractivity contribution is 0.125. The maximum absolute atomic E-state index is 5.37. The summed E-state index contributed by atoms with van der Waals surface area (Å²) >= 11 is 3.38. The third-order valence-electron chi connectivity index (χ3n) is 1.45. The van der Waals surface area contributed by atoms with Crippen LogP contribution in [0.2, 0.25) is 0 Å². The van der Waals surface area contributed by atoms with Crippen LogP contribution in [0.3, 0.4) is 0 Å². The van der Waals surface area contributed by atoms with Crippen LogP contribution in [-0.4, -0.2) is 18.0 Å². The normalized spacial score (nSPS) is 38.2. The quantitative estimate of drug-likeness (QED) is 0.557. The maximum Gasteiger partial charge on any atom is 0.0675 e. The van der Waals surface area contributed by atoms with Gasteiger partial charge in [0.05, 0.1) is 6.10 Å². The molecule has 0 N–H and O–H groups in total. The van der Waals surface area contributed by atoms with Gasteiger partial charge in [0.1, 0.15) is 0 Å². The van der Waals surface area contributed by atoms with E-state index in [4.69, 9.17) is 4.74 Å². The first kappa shape index (κ1) is 6.56. The highest BCUT2D eigenvalue weighted by molar-refractivity contribution is 9.09. The predicted molar refractivity (Wildman–Crippen MR) is 37.3 cm³/mol. The van der Waals surface area contributed by atoms with E-state index >= 15 is 0 Å². The first-order valence-electron chi connectivity index (χ1n) is 3.00. The van der Waals surface area contributed by atoms with Crippen LogP contribution in [0.15, 0.2) is 0 Å². The van der Waals surface area contributed by atoms with Gasteiger partial charge in [-0.3, -0.25) is 0 Å². The molecule has 0 spiro atoms. The van der Waals surface area contributed by atoms with Gasteiger partial charge in [0, 0.05) is 11.9 Å². The van der Waals surface area contributed by atoms with Crippen molar-refractivity contribution in [3.63, 3.8) is 0 Å². The van der Waals surface area contributed by atoms with Gasteiger partial charge in [-0.05, 0) is 12.3 Å². The molecule has 0 saturated carbocycles. The average Bonchev–Trinajstić information content (AvgIpc) is 2.14. The van der Waals surface area contributed by atoms with Crippen molar-refractivity contribution in [2.45, 2.75) is 19.4 Å². The molecule has 0 radical (unpaired) electrons. The molecule has 1 saturated heterocycles. The predicted octanol–water partition coefficient (Wildman–Crippen LogP) is 1.81. The molecule has 0 aliphatic carbocycles. The molecule has 2 atom stereocenters. The summed E-state index contributed by atoms with van der Waals surface area (Å²) in [6.07, 6.45) is 1.72. The van der Waals surface area contributed by atoms with E-state index in [2.05, 4.69) is 22.9 Å². The van der Waals surface area contributed by atoms with Gasteiger partial charge in [0.25, 0.3) is 0 Å². The van der Waals surface area contributed by atoms with Crippen LogP contribution < -0.4 is 0 Å². The highest BCUT2D eigenvalue weighted by Crippen LogP contribution is 2.19. The molecule has 0 aromatic rings. The topological polar surface area (TPSA) is 9.23 Å². The highest BCUT2D eigenvalue weighted by Gasteiger charge is 2.19. The number of hydrogen-bond donors (Lipinski definition) is 0. The van der Waals surface area contributed by atoms with Gasteiger partial charge in [-0.15, -0.1) is 0 Å². The summed E-state index contributed by atoms with van der Waals surface area (Å²) in [4.78, 5) is 0. The second-order valence-corrected chi connectivity index (χ2v) is 3.10. The lowest BCUT2D eigenvalue weighted by atomic mass is 10.1. The van der Waals surface area contributed by atoms with Crippen LogP contribution in [-0.2, 0) is 4.74 Å². The molecule has 0 amide bonds.